The molecule has 2 rings (SSSR count). The fraction of sp³-hybridized carbons (Fsp3) is 0.111. The number of hydrogen-bond acceptors (Lipinski definition) is 3. The van der Waals surface area contributed by atoms with Crippen LogP contribution in [0.2, 0.25) is 0 Å². The van der Waals surface area contributed by atoms with Crippen LogP contribution in [-0.4, -0.2) is 9.55 Å². The number of para-hydroxylation sites is 2. The lowest BCUT2D eigenvalue weighted by Crippen LogP contribution is -2.01. The molecular weight excluding hydrogens is 164 g/mol. The highest BCUT2D eigenvalue weighted by Gasteiger charge is 2.05. The molecule has 0 radical (unpaired) electrons. The summed E-state index contributed by atoms with van der Waals surface area (Å²) in [5.41, 5.74) is 7.37. The highest BCUT2D eigenvalue weighted by atomic mass is 15.1. The van der Waals surface area contributed by atoms with E-state index in [9.17, 15) is 0 Å². The second-order valence-electron chi connectivity index (χ2n) is 2.70. The van der Waals surface area contributed by atoms with Gasteiger partial charge >= 0.3 is 0 Å². The summed E-state index contributed by atoms with van der Waals surface area (Å²) in [6.07, 6.45) is 0. The summed E-state index contributed by atoms with van der Waals surface area (Å²) in [6.45, 7) is 0.242. The number of fused-ring (bicyclic) bond motifs is 1. The number of imidazole rings is 1. The number of hydrogen-bond donors (Lipinski definition) is 1. The minimum Gasteiger partial charge on any atom is -0.369 e. The van der Waals surface area contributed by atoms with Gasteiger partial charge in [0.05, 0.1) is 17.1 Å². The Balaban J connectivity index is 2.73. The van der Waals surface area contributed by atoms with Crippen molar-refractivity contribution in [3.63, 3.8) is 0 Å². The van der Waals surface area contributed by atoms with Crippen molar-refractivity contribution in [2.45, 2.75) is 6.54 Å². The number of anilines is 1. The van der Waals surface area contributed by atoms with Crippen LogP contribution in [0.4, 0.5) is 5.95 Å². The van der Waals surface area contributed by atoms with Crippen molar-refractivity contribution >= 4 is 17.0 Å². The molecule has 0 aliphatic rings. The summed E-state index contributed by atoms with van der Waals surface area (Å²) in [5, 5.41) is 8.57. The third-order valence-corrected chi connectivity index (χ3v) is 1.91. The molecule has 2 N–H and O–H groups in total. The molecule has 0 fully saturated rings. The summed E-state index contributed by atoms with van der Waals surface area (Å²) in [7, 11) is 0. The summed E-state index contributed by atoms with van der Waals surface area (Å²) in [5.74, 6) is 0.391. The number of nitrogens with zero attached hydrogens (tertiary/aromatic N) is 3. The molecule has 0 unspecified atom stereocenters. The van der Waals surface area contributed by atoms with Gasteiger partial charge in [-0.2, -0.15) is 5.26 Å². The van der Waals surface area contributed by atoms with Crippen molar-refractivity contribution in [2.75, 3.05) is 5.73 Å². The average molecular weight is 172 g/mol. The fourth-order valence-electron chi connectivity index (χ4n) is 1.33. The Morgan fingerprint density at radius 3 is 3.00 bits per heavy atom. The van der Waals surface area contributed by atoms with Gasteiger partial charge in [0.25, 0.3) is 0 Å². The number of rotatable bonds is 1. The van der Waals surface area contributed by atoms with Crippen LogP contribution in [0.3, 0.4) is 0 Å². The maximum Gasteiger partial charge on any atom is 0.202 e. The first-order chi connectivity index (χ1) is 6.33. The molecule has 0 saturated carbocycles. The monoisotopic (exact) mass is 172 g/mol. The highest BCUT2D eigenvalue weighted by Crippen LogP contribution is 2.16. The van der Waals surface area contributed by atoms with Crippen LogP contribution in [0.1, 0.15) is 0 Å². The summed E-state index contributed by atoms with van der Waals surface area (Å²) in [6, 6.07) is 9.61. The van der Waals surface area contributed by atoms with Crippen LogP contribution in [0.25, 0.3) is 11.0 Å². The lowest BCUT2D eigenvalue weighted by molar-refractivity contribution is 0.875. The molecule has 0 aliphatic heterocycles. The van der Waals surface area contributed by atoms with E-state index in [0.29, 0.717) is 5.95 Å². The topological polar surface area (TPSA) is 67.6 Å². The number of nitrogens with two attached hydrogens (primary N) is 1. The Labute approximate surface area is 75.2 Å². The van der Waals surface area contributed by atoms with Gasteiger partial charge < -0.3 is 5.73 Å². The van der Waals surface area contributed by atoms with Gasteiger partial charge in [-0.25, -0.2) is 4.98 Å². The van der Waals surface area contributed by atoms with Gasteiger partial charge in [-0.3, -0.25) is 4.57 Å². The summed E-state index contributed by atoms with van der Waals surface area (Å²) < 4.78 is 1.69. The molecule has 1 heterocycles. The van der Waals surface area contributed by atoms with Crippen LogP contribution in [0.15, 0.2) is 24.3 Å². The van der Waals surface area contributed by atoms with Crippen molar-refractivity contribution in [3.05, 3.63) is 24.3 Å². The van der Waals surface area contributed by atoms with Crippen molar-refractivity contribution < 1.29 is 0 Å². The molecule has 0 bridgehead atoms. The molecule has 13 heavy (non-hydrogen) atoms. The van der Waals surface area contributed by atoms with Crippen LogP contribution in [-0.2, 0) is 6.54 Å². The molecule has 4 nitrogen and oxygen atoms in total. The lowest BCUT2D eigenvalue weighted by Gasteiger charge is -1.97. The Bertz CT molecular complexity index is 478. The van der Waals surface area contributed by atoms with Gasteiger partial charge in [0.15, 0.2) is 0 Å². The van der Waals surface area contributed by atoms with Crippen LogP contribution >= 0.6 is 0 Å². The third-order valence-electron chi connectivity index (χ3n) is 1.91. The number of nitrogen functional groups attached to an aromatic ring is 1. The Hall–Kier alpha value is -2.02. The Kier molecular flexibility index (Phi) is 1.64. The standard InChI is InChI=1S/C9H8N4/c10-5-6-13-8-4-2-1-3-7(8)12-9(13)11/h1-4H,6H2,(H2,11,12). The Morgan fingerprint density at radius 2 is 2.23 bits per heavy atom. The van der Waals surface area contributed by atoms with Crippen molar-refractivity contribution in [3.8, 4) is 6.07 Å². The minimum absolute atomic E-state index is 0.242. The predicted molar refractivity (Wildman–Crippen MR) is 49.8 cm³/mol. The average Bonchev–Trinajstić information content (AvgIpc) is 2.44. The molecule has 1 aromatic heterocycles. The van der Waals surface area contributed by atoms with Gasteiger partial charge in [0, 0.05) is 0 Å². The second kappa shape index (κ2) is 2.79. The summed E-state index contributed by atoms with van der Waals surface area (Å²) in [4.78, 5) is 4.12. The fourth-order valence-corrected chi connectivity index (χ4v) is 1.33. The van der Waals surface area contributed by atoms with E-state index in [0.717, 1.165) is 11.0 Å². The van der Waals surface area contributed by atoms with Crippen molar-refractivity contribution in [1.29, 1.82) is 5.26 Å². The summed E-state index contributed by atoms with van der Waals surface area (Å²) >= 11 is 0. The van der Waals surface area contributed by atoms with Crippen molar-refractivity contribution in [2.24, 2.45) is 0 Å². The van der Waals surface area contributed by atoms with Gasteiger partial charge in [0.2, 0.25) is 5.95 Å². The molecule has 4 heteroatoms. The molecule has 0 atom stereocenters. The maximum absolute atomic E-state index is 8.57. The first-order valence-corrected chi connectivity index (χ1v) is 3.90. The van der Waals surface area contributed by atoms with E-state index < -0.39 is 0 Å². The molecule has 0 spiro atoms. The van der Waals surface area contributed by atoms with Crippen LogP contribution in [0.5, 0.6) is 0 Å². The molecular formula is C9H8N4. The van der Waals surface area contributed by atoms with E-state index in [1.165, 1.54) is 0 Å². The first kappa shape index (κ1) is 7.62. The smallest absolute Gasteiger partial charge is 0.202 e. The molecule has 1 aromatic carbocycles. The van der Waals surface area contributed by atoms with Crippen molar-refractivity contribution in [1.82, 2.24) is 9.55 Å². The normalized spacial score (nSPS) is 10.1. The van der Waals surface area contributed by atoms with E-state index in [-0.39, 0.29) is 6.54 Å². The number of aromatic nitrogens is 2. The van der Waals surface area contributed by atoms with Crippen LogP contribution < -0.4 is 5.73 Å². The Morgan fingerprint density at radius 1 is 1.46 bits per heavy atom. The van der Waals surface area contributed by atoms with Gasteiger partial charge in [-0.1, -0.05) is 12.1 Å². The molecule has 0 aliphatic carbocycles. The SMILES string of the molecule is N#CCn1c(N)nc2ccccc21. The largest absolute Gasteiger partial charge is 0.369 e. The van der Waals surface area contributed by atoms with E-state index in [1.807, 2.05) is 30.3 Å². The molecule has 64 valence electrons. The molecule has 0 amide bonds. The van der Waals surface area contributed by atoms with E-state index in [4.69, 9.17) is 11.0 Å². The van der Waals surface area contributed by atoms with Crippen LogP contribution in [0, 0.1) is 11.3 Å². The third kappa shape index (κ3) is 1.11. The zero-order valence-corrected chi connectivity index (χ0v) is 6.94. The van der Waals surface area contributed by atoms with Gasteiger partial charge in [0.1, 0.15) is 6.54 Å². The van der Waals surface area contributed by atoms with E-state index in [1.54, 1.807) is 4.57 Å². The minimum atomic E-state index is 0.242. The second-order valence-corrected chi connectivity index (χ2v) is 2.70. The van der Waals surface area contributed by atoms with Gasteiger partial charge in [-0.05, 0) is 12.1 Å². The molecule has 0 saturated heterocycles. The quantitative estimate of drug-likeness (QED) is 0.701. The zero-order valence-electron chi connectivity index (χ0n) is 6.94. The number of benzene rings is 1. The zero-order chi connectivity index (χ0) is 9.26. The van der Waals surface area contributed by atoms with E-state index >= 15 is 0 Å². The highest BCUT2D eigenvalue weighted by molar-refractivity contribution is 5.78. The molecule has 2 aromatic rings. The first-order valence-electron chi connectivity index (χ1n) is 3.90. The predicted octanol–water partition coefficient (Wildman–Crippen LogP) is 1.14. The number of nitriles is 1. The lowest BCUT2D eigenvalue weighted by atomic mass is 10.3. The van der Waals surface area contributed by atoms with E-state index in [2.05, 4.69) is 4.98 Å². The maximum atomic E-state index is 8.57. The van der Waals surface area contributed by atoms with Gasteiger partial charge in [-0.15, -0.1) is 0 Å².